The van der Waals surface area contributed by atoms with Crippen LogP contribution in [0.2, 0.25) is 0 Å². The first-order valence-electron chi connectivity index (χ1n) is 9.37. The molecule has 3 fully saturated rings. The molecule has 0 amide bonds. The van der Waals surface area contributed by atoms with Crippen LogP contribution in [0, 0.1) is 29.1 Å². The second-order valence-electron chi connectivity index (χ2n) is 7.86. The molecular weight excluding hydrogens is 354 g/mol. The van der Waals surface area contributed by atoms with Crippen LogP contribution in [0.4, 0.5) is 20.4 Å². The molecule has 1 aromatic rings. The lowest BCUT2D eigenvalue weighted by Gasteiger charge is -2.28. The highest BCUT2D eigenvalue weighted by Gasteiger charge is 2.56. The monoisotopic (exact) mass is 376 g/mol. The Labute approximate surface area is 156 Å². The van der Waals surface area contributed by atoms with Crippen LogP contribution in [0.5, 0.6) is 0 Å². The van der Waals surface area contributed by atoms with Gasteiger partial charge in [-0.15, -0.1) is 0 Å². The van der Waals surface area contributed by atoms with Gasteiger partial charge < -0.3 is 14.9 Å². The second-order valence-corrected chi connectivity index (χ2v) is 7.86. The Kier molecular flexibility index (Phi) is 4.41. The molecular formula is C19H22F2N4O2. The molecule has 1 aliphatic carbocycles. The zero-order valence-corrected chi connectivity index (χ0v) is 15.1. The minimum absolute atomic E-state index is 0.0318. The zero-order chi connectivity index (χ0) is 19.3. The summed E-state index contributed by atoms with van der Waals surface area (Å²) in [6.45, 7) is 4.01. The number of piperidine rings is 1. The van der Waals surface area contributed by atoms with E-state index in [0.29, 0.717) is 43.1 Å². The van der Waals surface area contributed by atoms with Crippen molar-refractivity contribution in [3.8, 4) is 6.07 Å². The van der Waals surface area contributed by atoms with Crippen molar-refractivity contribution in [2.75, 3.05) is 29.4 Å². The van der Waals surface area contributed by atoms with Crippen LogP contribution >= 0.6 is 0 Å². The van der Waals surface area contributed by atoms with Crippen molar-refractivity contribution in [3.63, 3.8) is 0 Å². The number of rotatable bonds is 5. The minimum Gasteiger partial charge on any atom is -0.481 e. The predicted molar refractivity (Wildman–Crippen MR) is 94.9 cm³/mol. The highest BCUT2D eigenvalue weighted by Crippen LogP contribution is 2.54. The molecule has 6 nitrogen and oxygen atoms in total. The molecule has 4 rings (SSSR count). The van der Waals surface area contributed by atoms with E-state index in [4.69, 9.17) is 5.11 Å². The van der Waals surface area contributed by atoms with Gasteiger partial charge in [-0.25, -0.2) is 13.8 Å². The fourth-order valence-electron chi connectivity index (χ4n) is 4.78. The molecule has 8 heteroatoms. The van der Waals surface area contributed by atoms with Gasteiger partial charge in [0.2, 0.25) is 0 Å². The maximum absolute atomic E-state index is 13.7. The summed E-state index contributed by atoms with van der Waals surface area (Å²) >= 11 is 0. The number of hydrogen-bond donors (Lipinski definition) is 1. The maximum Gasteiger partial charge on any atom is 0.303 e. The quantitative estimate of drug-likeness (QED) is 0.851. The van der Waals surface area contributed by atoms with Crippen LogP contribution < -0.4 is 9.80 Å². The number of carbonyl (C=O) groups is 1. The van der Waals surface area contributed by atoms with Gasteiger partial charge in [0.1, 0.15) is 23.3 Å². The average molecular weight is 376 g/mol. The number of nitrogens with zero attached hydrogens (tertiary/aromatic N) is 4. The molecule has 0 spiro atoms. The number of nitriles is 1. The summed E-state index contributed by atoms with van der Waals surface area (Å²) in [5.74, 6) is 0.815. The Bertz CT molecular complexity index is 798. The lowest BCUT2D eigenvalue weighted by atomic mass is 10.1. The number of alkyl halides is 2. The van der Waals surface area contributed by atoms with E-state index >= 15 is 0 Å². The van der Waals surface area contributed by atoms with Crippen LogP contribution in [0.15, 0.2) is 6.07 Å². The normalized spacial score (nSPS) is 29.1. The molecule has 144 valence electrons. The highest BCUT2D eigenvalue weighted by atomic mass is 19.3. The molecule has 1 unspecified atom stereocenters. The standard InChI is InChI=1S/C19H22F2N4O2/c1-10-3-2-4-25(10)19-13(7-22)12(18(20)21)5-16(23-19)24-8-14-11(6-17(26)27)15(14)9-24/h5,10-11,14-15,18H,2-4,6,8-9H2,1H3,(H,26,27)/t10?,11-,14-,15+. The molecule has 2 saturated heterocycles. The first kappa shape index (κ1) is 18.0. The van der Waals surface area contributed by atoms with Gasteiger partial charge in [-0.1, -0.05) is 0 Å². The van der Waals surface area contributed by atoms with Gasteiger partial charge in [0.25, 0.3) is 6.43 Å². The minimum atomic E-state index is -2.74. The lowest BCUT2D eigenvalue weighted by molar-refractivity contribution is -0.137. The molecule has 3 heterocycles. The van der Waals surface area contributed by atoms with E-state index in [2.05, 4.69) is 4.98 Å². The third-order valence-corrected chi connectivity index (χ3v) is 6.29. The molecule has 27 heavy (non-hydrogen) atoms. The Morgan fingerprint density at radius 1 is 1.44 bits per heavy atom. The van der Waals surface area contributed by atoms with E-state index in [1.165, 1.54) is 6.07 Å². The van der Waals surface area contributed by atoms with E-state index in [-0.39, 0.29) is 29.5 Å². The van der Waals surface area contributed by atoms with Gasteiger partial charge in [0.05, 0.1) is 0 Å². The average Bonchev–Trinajstić information content (AvgIpc) is 3.00. The van der Waals surface area contributed by atoms with Crippen molar-refractivity contribution in [3.05, 3.63) is 17.2 Å². The van der Waals surface area contributed by atoms with Gasteiger partial charge in [0, 0.05) is 37.7 Å². The highest BCUT2D eigenvalue weighted by molar-refractivity contribution is 5.68. The van der Waals surface area contributed by atoms with Gasteiger partial charge in [-0.2, -0.15) is 5.26 Å². The topological polar surface area (TPSA) is 80.5 Å². The first-order valence-corrected chi connectivity index (χ1v) is 9.37. The molecule has 0 bridgehead atoms. The Balaban J connectivity index is 1.64. The number of carboxylic acids is 1. The van der Waals surface area contributed by atoms with E-state index in [1.54, 1.807) is 0 Å². The van der Waals surface area contributed by atoms with Crippen molar-refractivity contribution in [1.82, 2.24) is 4.98 Å². The Hall–Kier alpha value is -2.43. The molecule has 0 aromatic carbocycles. The Morgan fingerprint density at radius 3 is 2.67 bits per heavy atom. The molecule has 1 aromatic heterocycles. The number of pyridine rings is 1. The number of fused-ring (bicyclic) bond motifs is 1. The van der Waals surface area contributed by atoms with Gasteiger partial charge >= 0.3 is 5.97 Å². The Morgan fingerprint density at radius 2 is 2.15 bits per heavy atom. The summed E-state index contributed by atoms with van der Waals surface area (Å²) in [6, 6.07) is 3.44. The molecule has 0 radical (unpaired) electrons. The van der Waals surface area contributed by atoms with Gasteiger partial charge in [-0.05, 0) is 43.6 Å². The summed E-state index contributed by atoms with van der Waals surface area (Å²) in [7, 11) is 0. The number of carboxylic acid groups (broad SMARTS) is 1. The van der Waals surface area contributed by atoms with E-state index in [1.807, 2.05) is 22.8 Å². The van der Waals surface area contributed by atoms with Crippen molar-refractivity contribution < 1.29 is 18.7 Å². The zero-order valence-electron chi connectivity index (χ0n) is 15.1. The maximum atomic E-state index is 13.7. The van der Waals surface area contributed by atoms with E-state index in [9.17, 15) is 18.8 Å². The number of hydrogen-bond acceptors (Lipinski definition) is 5. The third-order valence-electron chi connectivity index (χ3n) is 6.29. The van der Waals surface area contributed by atoms with Crippen LogP contribution in [-0.4, -0.2) is 41.7 Å². The summed E-state index contributed by atoms with van der Waals surface area (Å²) < 4.78 is 27.3. The van der Waals surface area contributed by atoms with Crippen LogP contribution in [0.25, 0.3) is 0 Å². The second kappa shape index (κ2) is 6.63. The van der Waals surface area contributed by atoms with Crippen LogP contribution in [-0.2, 0) is 4.79 Å². The summed E-state index contributed by atoms with van der Waals surface area (Å²) in [5.41, 5.74) is -0.296. The van der Waals surface area contributed by atoms with Crippen LogP contribution in [0.3, 0.4) is 0 Å². The molecule has 1 saturated carbocycles. The van der Waals surface area contributed by atoms with Gasteiger partial charge in [-0.3, -0.25) is 4.79 Å². The number of anilines is 2. The SMILES string of the molecule is CC1CCCN1c1nc(N2C[C@@H]3[C@@H](CC(=O)O)[C@@H]3C2)cc(C(F)F)c1C#N. The van der Waals surface area contributed by atoms with E-state index < -0.39 is 12.4 Å². The smallest absolute Gasteiger partial charge is 0.303 e. The summed E-state index contributed by atoms with van der Waals surface area (Å²) in [4.78, 5) is 19.4. The van der Waals surface area contributed by atoms with Gasteiger partial charge in [0.15, 0.2) is 0 Å². The van der Waals surface area contributed by atoms with Crippen molar-refractivity contribution in [2.24, 2.45) is 17.8 Å². The largest absolute Gasteiger partial charge is 0.481 e. The third kappa shape index (κ3) is 3.09. The number of aromatic nitrogens is 1. The first-order chi connectivity index (χ1) is 12.9. The number of halogens is 2. The number of aliphatic carboxylic acids is 1. The predicted octanol–water partition coefficient (Wildman–Crippen LogP) is 3.04. The van der Waals surface area contributed by atoms with Crippen molar-refractivity contribution in [1.29, 1.82) is 5.26 Å². The van der Waals surface area contributed by atoms with Crippen molar-refractivity contribution >= 4 is 17.6 Å². The fraction of sp³-hybridized carbons (Fsp3) is 0.632. The molecule has 1 N–H and O–H groups in total. The van der Waals surface area contributed by atoms with Crippen molar-refractivity contribution in [2.45, 2.75) is 38.7 Å². The molecule has 3 aliphatic rings. The van der Waals surface area contributed by atoms with E-state index in [0.717, 1.165) is 12.8 Å². The molecule has 2 aliphatic heterocycles. The summed E-state index contributed by atoms with van der Waals surface area (Å²) in [6.07, 6.45) is -0.670. The molecule has 4 atom stereocenters. The fourth-order valence-corrected chi connectivity index (χ4v) is 4.78. The lowest BCUT2D eigenvalue weighted by Crippen LogP contribution is -2.31. The summed E-state index contributed by atoms with van der Waals surface area (Å²) in [5, 5.41) is 18.5. The van der Waals surface area contributed by atoms with Crippen LogP contribution in [0.1, 0.15) is 43.7 Å².